The van der Waals surface area contributed by atoms with Crippen LogP contribution in [0.2, 0.25) is 15.1 Å². The highest BCUT2D eigenvalue weighted by Gasteiger charge is 2.15. The molecule has 0 radical (unpaired) electrons. The Balaban J connectivity index is 0.000000255. The fraction of sp³-hybridized carbons (Fsp3) is 0.333. The second-order valence-electron chi connectivity index (χ2n) is 8.27. The molecule has 1 aliphatic heterocycles. The third-order valence-electron chi connectivity index (χ3n) is 5.26. The van der Waals surface area contributed by atoms with Gasteiger partial charge in [-0.05, 0) is 54.5 Å². The van der Waals surface area contributed by atoms with Crippen molar-refractivity contribution in [3.63, 3.8) is 0 Å². The van der Waals surface area contributed by atoms with E-state index in [-0.39, 0.29) is 27.4 Å². The van der Waals surface area contributed by atoms with Crippen LogP contribution in [0.1, 0.15) is 12.8 Å². The molecule has 0 bridgehead atoms. The minimum atomic E-state index is -0.580. The van der Waals surface area contributed by atoms with E-state index in [2.05, 4.69) is 15.0 Å². The van der Waals surface area contributed by atoms with Crippen LogP contribution in [0.3, 0.4) is 0 Å². The predicted octanol–water partition coefficient (Wildman–Crippen LogP) is 5.88. The number of benzene rings is 2. The maximum absolute atomic E-state index is 14.3. The van der Waals surface area contributed by atoms with Gasteiger partial charge in [0, 0.05) is 37.8 Å². The Bertz CT molecular complexity index is 1490. The summed E-state index contributed by atoms with van der Waals surface area (Å²) in [4.78, 5) is 41.2. The molecule has 1 N–H and O–H groups in total. The number of nitrogens with one attached hydrogen (secondary N) is 1. The Morgan fingerprint density at radius 2 is 1.79 bits per heavy atom. The largest absolute Gasteiger partial charge is 0.468 e. The van der Waals surface area contributed by atoms with Crippen molar-refractivity contribution in [2.24, 2.45) is 4.99 Å². The van der Waals surface area contributed by atoms with Crippen molar-refractivity contribution in [3.05, 3.63) is 65.7 Å². The molecule has 1 aromatic heterocycles. The van der Waals surface area contributed by atoms with Crippen LogP contribution in [0, 0.1) is 5.82 Å². The van der Waals surface area contributed by atoms with Crippen molar-refractivity contribution in [3.8, 4) is 0 Å². The zero-order valence-corrected chi connectivity index (χ0v) is 25.1. The van der Waals surface area contributed by atoms with E-state index in [1.165, 1.54) is 18.1 Å². The fourth-order valence-electron chi connectivity index (χ4n) is 3.24. The van der Waals surface area contributed by atoms with Crippen LogP contribution in [0.25, 0.3) is 0 Å². The van der Waals surface area contributed by atoms with Crippen molar-refractivity contribution in [1.82, 2.24) is 14.3 Å². The van der Waals surface area contributed by atoms with Crippen LogP contribution in [-0.4, -0.2) is 53.2 Å². The molecule has 0 aliphatic carbocycles. The van der Waals surface area contributed by atoms with Crippen LogP contribution in [0.4, 0.5) is 20.6 Å². The number of thioether (sulfide) groups is 1. The molecule has 0 fully saturated rings. The van der Waals surface area contributed by atoms with E-state index in [9.17, 15) is 18.8 Å². The lowest BCUT2D eigenvalue weighted by atomic mass is 10.3. The quantitative estimate of drug-likeness (QED) is 0.279. The van der Waals surface area contributed by atoms with Gasteiger partial charge in [0.05, 0.1) is 27.9 Å². The van der Waals surface area contributed by atoms with Crippen molar-refractivity contribution in [2.45, 2.75) is 30.8 Å². The van der Waals surface area contributed by atoms with Gasteiger partial charge in [0.25, 0.3) is 0 Å². The SMILES string of the molecule is CN(C)C(=O)Nc1ccc(Cl)c(Cl)c1.COC(=O)CSc1cc(/N=c2\sc(=O)n3n2CCCC3)c(F)cc1Cl. The topological polar surface area (TPSA) is 97.9 Å². The fourth-order valence-corrected chi connectivity index (χ4v) is 5.53. The first-order valence-electron chi connectivity index (χ1n) is 11.5. The van der Waals surface area contributed by atoms with Gasteiger partial charge in [0.2, 0.25) is 4.80 Å². The van der Waals surface area contributed by atoms with Gasteiger partial charge >= 0.3 is 16.9 Å². The summed E-state index contributed by atoms with van der Waals surface area (Å²) in [6.07, 6.45) is 1.90. The zero-order chi connectivity index (χ0) is 28.7. The van der Waals surface area contributed by atoms with Crippen LogP contribution in [-0.2, 0) is 22.6 Å². The molecular formula is C24H25Cl3FN5O4S2. The molecule has 15 heteroatoms. The monoisotopic (exact) mass is 635 g/mol. The number of anilines is 1. The number of carbonyl (C=O) groups is 2. The number of rotatable bonds is 5. The molecule has 210 valence electrons. The van der Waals surface area contributed by atoms with E-state index in [0.29, 0.717) is 38.5 Å². The van der Waals surface area contributed by atoms with Gasteiger partial charge in [0.15, 0.2) is 0 Å². The summed E-state index contributed by atoms with van der Waals surface area (Å²) in [5, 5.41) is 3.74. The number of halogens is 4. The van der Waals surface area contributed by atoms with Crippen LogP contribution >= 0.6 is 57.9 Å². The van der Waals surface area contributed by atoms with Gasteiger partial charge < -0.3 is 15.0 Å². The predicted molar refractivity (Wildman–Crippen MR) is 154 cm³/mol. The second kappa shape index (κ2) is 14.2. The van der Waals surface area contributed by atoms with E-state index in [4.69, 9.17) is 34.8 Å². The third kappa shape index (κ3) is 8.49. The normalized spacial score (nSPS) is 12.7. The molecule has 1 aliphatic rings. The molecule has 4 rings (SSSR count). The summed E-state index contributed by atoms with van der Waals surface area (Å²) in [6.45, 7) is 1.32. The third-order valence-corrected chi connectivity index (χ3v) is 8.32. The molecule has 3 aromatic rings. The van der Waals surface area contributed by atoms with Gasteiger partial charge in [-0.2, -0.15) is 0 Å². The number of urea groups is 1. The minimum Gasteiger partial charge on any atom is -0.468 e. The molecular weight excluding hydrogens is 612 g/mol. The molecule has 39 heavy (non-hydrogen) atoms. The number of hydrogen-bond acceptors (Lipinski definition) is 7. The number of nitrogens with zero attached hydrogens (tertiary/aromatic N) is 4. The van der Waals surface area contributed by atoms with Gasteiger partial charge in [-0.15, -0.1) is 11.8 Å². The Morgan fingerprint density at radius 1 is 1.10 bits per heavy atom. The highest BCUT2D eigenvalue weighted by Crippen LogP contribution is 2.33. The average molecular weight is 637 g/mol. The van der Waals surface area contributed by atoms with Gasteiger partial charge in [-0.25, -0.2) is 18.9 Å². The highest BCUT2D eigenvalue weighted by molar-refractivity contribution is 8.00. The Kier molecular flexibility index (Phi) is 11.3. The smallest absolute Gasteiger partial charge is 0.325 e. The molecule has 2 heterocycles. The Hall–Kier alpha value is -2.51. The second-order valence-corrected chi connectivity index (χ2v) is 11.4. The van der Waals surface area contributed by atoms with Crippen molar-refractivity contribution in [2.75, 3.05) is 32.3 Å². The molecule has 0 saturated heterocycles. The number of esters is 1. The average Bonchev–Trinajstić information content (AvgIpc) is 3.22. The molecule has 0 atom stereocenters. The Morgan fingerprint density at radius 3 is 2.44 bits per heavy atom. The number of aromatic nitrogens is 2. The summed E-state index contributed by atoms with van der Waals surface area (Å²) in [7, 11) is 4.62. The lowest BCUT2D eigenvalue weighted by Crippen LogP contribution is -2.31. The molecule has 2 aromatic carbocycles. The number of ether oxygens (including phenoxy) is 1. The lowest BCUT2D eigenvalue weighted by molar-refractivity contribution is -0.137. The molecule has 9 nitrogen and oxygen atoms in total. The van der Waals surface area contributed by atoms with Gasteiger partial charge in [0.1, 0.15) is 11.5 Å². The van der Waals surface area contributed by atoms with E-state index in [0.717, 1.165) is 42.0 Å². The minimum absolute atomic E-state index is 0.0605. The summed E-state index contributed by atoms with van der Waals surface area (Å²) in [5.41, 5.74) is 0.706. The zero-order valence-electron chi connectivity index (χ0n) is 21.2. The first kappa shape index (κ1) is 31.0. The maximum Gasteiger partial charge on any atom is 0.325 e. The summed E-state index contributed by atoms with van der Waals surface area (Å²) >= 11 is 19.7. The van der Waals surface area contributed by atoms with Crippen molar-refractivity contribution >= 4 is 81.3 Å². The molecule has 0 saturated carbocycles. The van der Waals surface area contributed by atoms with E-state index in [1.54, 1.807) is 41.7 Å². The maximum atomic E-state index is 14.3. The van der Waals surface area contributed by atoms with E-state index < -0.39 is 11.8 Å². The van der Waals surface area contributed by atoms with E-state index >= 15 is 0 Å². The number of hydrogen-bond donors (Lipinski definition) is 1. The first-order chi connectivity index (χ1) is 18.5. The van der Waals surface area contributed by atoms with Crippen LogP contribution < -0.4 is 15.0 Å². The first-order valence-corrected chi connectivity index (χ1v) is 14.4. The number of fused-ring (bicyclic) bond motifs is 1. The summed E-state index contributed by atoms with van der Waals surface area (Å²) in [5.74, 6) is -0.923. The molecule has 0 spiro atoms. The number of carbonyl (C=O) groups excluding carboxylic acids is 2. The van der Waals surface area contributed by atoms with Crippen LogP contribution in [0.15, 0.2) is 45.0 Å². The standard InChI is InChI=1S/C15H15ClFN3O3S2.C9H10Cl2N2O/c1-23-13(21)8-24-12-7-11(10(17)6-9(12)16)18-14-19-4-2-3-5-20(19)15(22)25-14;1-13(2)9(14)12-6-3-4-7(10)8(11)5-6/h6-7H,2-5,8H2,1H3;3-5H,1-2H3,(H,12,14)/b18-14-;. The van der Waals surface area contributed by atoms with Crippen LogP contribution in [0.5, 0.6) is 0 Å². The van der Waals surface area contributed by atoms with E-state index in [1.807, 2.05) is 0 Å². The van der Waals surface area contributed by atoms with Gasteiger partial charge in [-0.1, -0.05) is 34.8 Å². The number of methoxy groups -OCH3 is 1. The Labute approximate surface area is 247 Å². The van der Waals surface area contributed by atoms with Crippen molar-refractivity contribution < 1.29 is 18.7 Å². The summed E-state index contributed by atoms with van der Waals surface area (Å²) < 4.78 is 22.3. The molecule has 2 amide bonds. The summed E-state index contributed by atoms with van der Waals surface area (Å²) in [6, 6.07) is 7.37. The molecule has 0 unspecified atom stereocenters. The highest BCUT2D eigenvalue weighted by atomic mass is 35.5. The lowest BCUT2D eigenvalue weighted by Gasteiger charge is -2.15. The number of amides is 2. The van der Waals surface area contributed by atoms with Gasteiger partial charge in [-0.3, -0.25) is 14.3 Å². The van der Waals surface area contributed by atoms with Crippen molar-refractivity contribution in [1.29, 1.82) is 0 Å².